The van der Waals surface area contributed by atoms with Gasteiger partial charge in [-0.05, 0) is 58.7 Å². The summed E-state index contributed by atoms with van der Waals surface area (Å²) in [6.07, 6.45) is 2.57. The number of nitrogen functional groups attached to an aromatic ring is 1. The van der Waals surface area contributed by atoms with Gasteiger partial charge < -0.3 is 19.8 Å². The summed E-state index contributed by atoms with van der Waals surface area (Å²) < 4.78 is 18.1. The van der Waals surface area contributed by atoms with Crippen LogP contribution in [0.4, 0.5) is 5.69 Å². The van der Waals surface area contributed by atoms with Crippen LogP contribution in [-0.2, 0) is 9.31 Å². The van der Waals surface area contributed by atoms with E-state index < -0.39 is 7.12 Å². The Morgan fingerprint density at radius 3 is 2.30 bits per heavy atom. The minimum atomic E-state index is -0.433. The lowest BCUT2D eigenvalue weighted by molar-refractivity contribution is 0.00578. The molecule has 0 amide bonds. The molecule has 2 aliphatic rings. The number of ether oxygens (including phenoxy) is 1. The van der Waals surface area contributed by atoms with Gasteiger partial charge in [0, 0.05) is 11.2 Å². The second-order valence-electron chi connectivity index (χ2n) is 6.70. The normalized spacial score (nSPS) is 23.9. The molecule has 0 radical (unpaired) electrons. The summed E-state index contributed by atoms with van der Waals surface area (Å²) in [7, 11) is -0.433. The zero-order valence-corrected chi connectivity index (χ0v) is 12.6. The van der Waals surface area contributed by atoms with Gasteiger partial charge in [-0.15, -0.1) is 0 Å². The highest BCUT2D eigenvalue weighted by atomic mass is 16.7. The molecule has 1 aromatic carbocycles. The minimum absolute atomic E-state index is 0.333. The van der Waals surface area contributed by atoms with Crippen molar-refractivity contribution in [2.45, 2.75) is 57.8 Å². The lowest BCUT2D eigenvalue weighted by Gasteiger charge is -2.32. The molecule has 4 nitrogen and oxygen atoms in total. The maximum atomic E-state index is 6.09. The van der Waals surface area contributed by atoms with E-state index in [1.807, 2.05) is 45.9 Å². The van der Waals surface area contributed by atoms with Gasteiger partial charge in [-0.3, -0.25) is 0 Å². The third-order valence-electron chi connectivity index (χ3n) is 4.36. The fraction of sp³-hybridized carbons (Fsp3) is 0.600. The number of anilines is 1. The molecule has 2 fully saturated rings. The van der Waals surface area contributed by atoms with E-state index >= 15 is 0 Å². The van der Waals surface area contributed by atoms with Crippen LogP contribution >= 0.6 is 0 Å². The van der Waals surface area contributed by atoms with Crippen molar-refractivity contribution in [3.8, 4) is 5.75 Å². The third-order valence-corrected chi connectivity index (χ3v) is 4.36. The molecule has 1 aromatic rings. The van der Waals surface area contributed by atoms with Crippen LogP contribution in [0.25, 0.3) is 0 Å². The average Bonchev–Trinajstić information content (AvgIpc) is 3.10. The number of hydrogen-bond acceptors (Lipinski definition) is 4. The molecule has 0 atom stereocenters. The second kappa shape index (κ2) is 4.40. The van der Waals surface area contributed by atoms with Crippen LogP contribution in [0.5, 0.6) is 5.75 Å². The molecule has 1 aliphatic heterocycles. The van der Waals surface area contributed by atoms with E-state index in [1.54, 1.807) is 0 Å². The largest absolute Gasteiger partial charge is 0.498 e. The molecule has 1 saturated carbocycles. The van der Waals surface area contributed by atoms with Crippen molar-refractivity contribution in [2.75, 3.05) is 5.73 Å². The Bertz CT molecular complexity index is 510. The molecule has 3 rings (SSSR count). The fourth-order valence-electron chi connectivity index (χ4n) is 2.19. The standard InChI is InChI=1S/C15H22BNO3/c1-14(2)15(3,4)20-16(19-14)12-9-10(17)5-8-13(12)18-11-6-7-11/h5,8-9,11H,6-7,17H2,1-4H3. The molecule has 1 saturated heterocycles. The van der Waals surface area contributed by atoms with E-state index in [-0.39, 0.29) is 11.2 Å². The van der Waals surface area contributed by atoms with Gasteiger partial charge in [0.05, 0.1) is 17.3 Å². The number of benzene rings is 1. The molecule has 0 aromatic heterocycles. The van der Waals surface area contributed by atoms with Crippen molar-refractivity contribution in [1.29, 1.82) is 0 Å². The summed E-state index contributed by atoms with van der Waals surface area (Å²) >= 11 is 0. The Morgan fingerprint density at radius 2 is 1.75 bits per heavy atom. The second-order valence-corrected chi connectivity index (χ2v) is 6.70. The molecule has 0 unspecified atom stereocenters. The predicted octanol–water partition coefficient (Wildman–Crippen LogP) is 2.11. The van der Waals surface area contributed by atoms with Gasteiger partial charge in [0.15, 0.2) is 0 Å². The summed E-state index contributed by atoms with van der Waals surface area (Å²) in [5, 5.41) is 0. The van der Waals surface area contributed by atoms with Crippen LogP contribution in [-0.4, -0.2) is 24.4 Å². The van der Waals surface area contributed by atoms with Gasteiger partial charge in [-0.1, -0.05) is 0 Å². The smallest absolute Gasteiger partial charge is 0.491 e. The molecule has 1 aliphatic carbocycles. The molecule has 1 heterocycles. The van der Waals surface area contributed by atoms with Crippen molar-refractivity contribution < 1.29 is 14.0 Å². The lowest BCUT2D eigenvalue weighted by atomic mass is 9.78. The van der Waals surface area contributed by atoms with E-state index in [0.29, 0.717) is 11.8 Å². The van der Waals surface area contributed by atoms with Gasteiger partial charge >= 0.3 is 7.12 Å². The quantitative estimate of drug-likeness (QED) is 0.678. The van der Waals surface area contributed by atoms with Crippen LogP contribution in [0.1, 0.15) is 40.5 Å². The van der Waals surface area contributed by atoms with Gasteiger partial charge in [-0.2, -0.15) is 0 Å². The van der Waals surface area contributed by atoms with Gasteiger partial charge in [-0.25, -0.2) is 0 Å². The van der Waals surface area contributed by atoms with E-state index in [1.165, 1.54) is 0 Å². The molecule has 5 heteroatoms. The molecule has 0 bridgehead atoms. The molecule has 20 heavy (non-hydrogen) atoms. The first-order chi connectivity index (χ1) is 9.28. The zero-order valence-electron chi connectivity index (χ0n) is 12.6. The maximum absolute atomic E-state index is 6.09. The SMILES string of the molecule is CC1(C)OB(c2cc(N)ccc2OC2CC2)OC1(C)C. The zero-order chi connectivity index (χ0) is 14.5. The van der Waals surface area contributed by atoms with Crippen molar-refractivity contribution in [1.82, 2.24) is 0 Å². The van der Waals surface area contributed by atoms with Crippen LogP contribution < -0.4 is 15.9 Å². The highest BCUT2D eigenvalue weighted by Crippen LogP contribution is 2.37. The van der Waals surface area contributed by atoms with Crippen molar-refractivity contribution in [3.05, 3.63) is 18.2 Å². The minimum Gasteiger partial charge on any atom is -0.491 e. The molecule has 108 valence electrons. The monoisotopic (exact) mass is 275 g/mol. The topological polar surface area (TPSA) is 53.7 Å². The summed E-state index contributed by atoms with van der Waals surface area (Å²) in [5.41, 5.74) is 6.76. The number of nitrogens with two attached hydrogens (primary N) is 1. The summed E-state index contributed by atoms with van der Waals surface area (Å²) in [4.78, 5) is 0. The Hall–Kier alpha value is -1.20. The van der Waals surface area contributed by atoms with Crippen molar-refractivity contribution in [2.24, 2.45) is 0 Å². The first-order valence-corrected chi connectivity index (χ1v) is 7.20. The Labute approximate surface area is 120 Å². The van der Waals surface area contributed by atoms with E-state index in [4.69, 9.17) is 19.8 Å². The predicted molar refractivity (Wildman–Crippen MR) is 80.2 cm³/mol. The van der Waals surface area contributed by atoms with Gasteiger partial charge in [0.2, 0.25) is 0 Å². The van der Waals surface area contributed by atoms with Gasteiger partial charge in [0.25, 0.3) is 0 Å². The average molecular weight is 275 g/mol. The van der Waals surface area contributed by atoms with Crippen LogP contribution in [0.3, 0.4) is 0 Å². The summed E-state index contributed by atoms with van der Waals surface area (Å²) in [6, 6.07) is 5.65. The third kappa shape index (κ3) is 2.40. The van der Waals surface area contributed by atoms with E-state index in [9.17, 15) is 0 Å². The molecule has 0 spiro atoms. The molecular formula is C15H22BNO3. The maximum Gasteiger partial charge on any atom is 0.498 e. The Balaban J connectivity index is 1.91. The Morgan fingerprint density at radius 1 is 1.15 bits per heavy atom. The Kier molecular flexibility index (Phi) is 3.03. The highest BCUT2D eigenvalue weighted by Gasteiger charge is 2.52. The molecular weight excluding hydrogens is 253 g/mol. The number of hydrogen-bond donors (Lipinski definition) is 1. The highest BCUT2D eigenvalue weighted by molar-refractivity contribution is 6.63. The summed E-state index contributed by atoms with van der Waals surface area (Å²) in [6.45, 7) is 8.17. The van der Waals surface area contributed by atoms with Crippen molar-refractivity contribution >= 4 is 18.3 Å². The van der Waals surface area contributed by atoms with E-state index in [2.05, 4.69) is 0 Å². The van der Waals surface area contributed by atoms with E-state index in [0.717, 1.165) is 24.1 Å². The lowest BCUT2D eigenvalue weighted by Crippen LogP contribution is -2.41. The molecule has 2 N–H and O–H groups in total. The van der Waals surface area contributed by atoms with Gasteiger partial charge in [0.1, 0.15) is 5.75 Å². The van der Waals surface area contributed by atoms with Crippen LogP contribution in [0.15, 0.2) is 18.2 Å². The first-order valence-electron chi connectivity index (χ1n) is 7.20. The van der Waals surface area contributed by atoms with Crippen molar-refractivity contribution in [3.63, 3.8) is 0 Å². The first kappa shape index (κ1) is 13.8. The number of rotatable bonds is 3. The van der Waals surface area contributed by atoms with Crippen LogP contribution in [0.2, 0.25) is 0 Å². The van der Waals surface area contributed by atoms with Crippen LogP contribution in [0, 0.1) is 0 Å². The summed E-state index contributed by atoms with van der Waals surface area (Å²) in [5.74, 6) is 0.820. The fourth-order valence-corrected chi connectivity index (χ4v) is 2.19.